The van der Waals surface area contributed by atoms with Crippen LogP contribution >= 0.6 is 0 Å². The van der Waals surface area contributed by atoms with Gasteiger partial charge in [-0.1, -0.05) is 19.8 Å². The summed E-state index contributed by atoms with van der Waals surface area (Å²) in [6, 6.07) is 5.34. The largest absolute Gasteiger partial charge is 0.359 e. The summed E-state index contributed by atoms with van der Waals surface area (Å²) in [5.74, 6) is 2.06. The second-order valence-electron chi connectivity index (χ2n) is 6.91. The Kier molecular flexibility index (Phi) is 4.79. The molecule has 0 aromatic carbocycles. The number of nitrogens with one attached hydrogen (secondary N) is 1. The fourth-order valence-corrected chi connectivity index (χ4v) is 3.02. The van der Waals surface area contributed by atoms with Crippen molar-refractivity contribution in [2.24, 2.45) is 5.92 Å². The molecule has 2 aliphatic rings. The Bertz CT molecular complexity index is 464. The van der Waals surface area contributed by atoms with Crippen LogP contribution in [0.2, 0.25) is 0 Å². The van der Waals surface area contributed by atoms with Crippen molar-refractivity contribution in [1.29, 1.82) is 0 Å². The molecule has 0 bridgehead atoms. The molecule has 2 fully saturated rings. The first-order valence-corrected chi connectivity index (χ1v) is 8.69. The third kappa shape index (κ3) is 4.19. The lowest BCUT2D eigenvalue weighted by Crippen LogP contribution is -2.30. The normalized spacial score (nSPS) is 18.6. The number of aryl methyl sites for hydroxylation is 1. The van der Waals surface area contributed by atoms with E-state index in [1.54, 1.807) is 0 Å². The van der Waals surface area contributed by atoms with Gasteiger partial charge in [0.1, 0.15) is 5.82 Å². The van der Waals surface area contributed by atoms with Gasteiger partial charge in [-0.25, -0.2) is 4.98 Å². The quantitative estimate of drug-likeness (QED) is 0.793. The third-order valence-corrected chi connectivity index (χ3v) is 4.75. The zero-order valence-electron chi connectivity index (χ0n) is 13.6. The maximum absolute atomic E-state index is 4.88. The molecule has 0 radical (unpaired) electrons. The Hall–Kier alpha value is -1.09. The summed E-state index contributed by atoms with van der Waals surface area (Å²) in [6.45, 7) is 4.39. The van der Waals surface area contributed by atoms with Crippen molar-refractivity contribution in [2.75, 3.05) is 18.5 Å². The highest BCUT2D eigenvalue weighted by Gasteiger charge is 2.21. The number of aromatic nitrogens is 1. The van der Waals surface area contributed by atoms with Gasteiger partial charge in [0.2, 0.25) is 0 Å². The van der Waals surface area contributed by atoms with E-state index >= 15 is 0 Å². The molecule has 21 heavy (non-hydrogen) atoms. The fourth-order valence-electron chi connectivity index (χ4n) is 3.02. The van der Waals surface area contributed by atoms with Gasteiger partial charge < -0.3 is 10.2 Å². The Morgan fingerprint density at radius 1 is 1.24 bits per heavy atom. The van der Waals surface area contributed by atoms with E-state index in [1.165, 1.54) is 49.2 Å². The molecule has 1 N–H and O–H groups in total. The molecule has 3 nitrogen and oxygen atoms in total. The number of nitrogens with zero attached hydrogens (tertiary/aromatic N) is 2. The highest BCUT2D eigenvalue weighted by Crippen LogP contribution is 2.28. The predicted octanol–water partition coefficient (Wildman–Crippen LogP) is 3.52. The van der Waals surface area contributed by atoms with Crippen molar-refractivity contribution in [3.63, 3.8) is 0 Å². The summed E-state index contributed by atoms with van der Waals surface area (Å²) in [4.78, 5) is 7.24. The van der Waals surface area contributed by atoms with Gasteiger partial charge in [0.05, 0.1) is 0 Å². The standard InChI is InChI=1S/C18H29N3/c1-3-5-17-10-15(12-19-16-8-9-16)11-18(20-17)21(2)13-14-6-4-7-14/h10-11,14,16,19H,3-9,12-13H2,1-2H3. The minimum Gasteiger partial charge on any atom is -0.359 e. The van der Waals surface area contributed by atoms with Crippen molar-refractivity contribution >= 4 is 5.82 Å². The van der Waals surface area contributed by atoms with Crippen LogP contribution in [0.4, 0.5) is 5.82 Å². The van der Waals surface area contributed by atoms with Gasteiger partial charge >= 0.3 is 0 Å². The number of pyridine rings is 1. The van der Waals surface area contributed by atoms with Gasteiger partial charge in [-0.3, -0.25) is 0 Å². The fraction of sp³-hybridized carbons (Fsp3) is 0.722. The predicted molar refractivity (Wildman–Crippen MR) is 88.7 cm³/mol. The van der Waals surface area contributed by atoms with E-state index in [0.29, 0.717) is 0 Å². The number of hydrogen-bond acceptors (Lipinski definition) is 3. The molecule has 2 aliphatic carbocycles. The van der Waals surface area contributed by atoms with Gasteiger partial charge in [0.15, 0.2) is 0 Å². The van der Waals surface area contributed by atoms with E-state index < -0.39 is 0 Å². The Labute approximate surface area is 129 Å². The van der Waals surface area contributed by atoms with Gasteiger partial charge in [-0.05, 0) is 55.7 Å². The second kappa shape index (κ2) is 6.78. The lowest BCUT2D eigenvalue weighted by molar-refractivity contribution is 0.321. The van der Waals surface area contributed by atoms with Gasteiger partial charge in [-0.2, -0.15) is 0 Å². The first kappa shape index (κ1) is 14.8. The summed E-state index contributed by atoms with van der Waals surface area (Å²) in [7, 11) is 2.20. The van der Waals surface area contributed by atoms with Crippen LogP contribution in [0, 0.1) is 5.92 Å². The summed E-state index contributed by atoms with van der Waals surface area (Å²) in [6.07, 6.45) is 9.16. The van der Waals surface area contributed by atoms with Crippen molar-refractivity contribution < 1.29 is 0 Å². The second-order valence-corrected chi connectivity index (χ2v) is 6.91. The molecule has 116 valence electrons. The van der Waals surface area contributed by atoms with Crippen LogP contribution in [0.25, 0.3) is 0 Å². The van der Waals surface area contributed by atoms with Crippen LogP contribution in [0.5, 0.6) is 0 Å². The van der Waals surface area contributed by atoms with E-state index in [1.807, 2.05) is 0 Å². The monoisotopic (exact) mass is 287 g/mol. The Morgan fingerprint density at radius 2 is 2.05 bits per heavy atom. The number of hydrogen-bond donors (Lipinski definition) is 1. The highest BCUT2D eigenvalue weighted by atomic mass is 15.2. The van der Waals surface area contributed by atoms with Crippen molar-refractivity contribution in [3.05, 3.63) is 23.4 Å². The van der Waals surface area contributed by atoms with Crippen LogP contribution < -0.4 is 10.2 Å². The van der Waals surface area contributed by atoms with Crippen LogP contribution in [-0.4, -0.2) is 24.6 Å². The molecule has 0 saturated heterocycles. The Balaban J connectivity index is 1.69. The molecule has 2 saturated carbocycles. The van der Waals surface area contributed by atoms with E-state index in [4.69, 9.17) is 4.98 Å². The van der Waals surface area contributed by atoms with Crippen LogP contribution in [0.3, 0.4) is 0 Å². The number of rotatable bonds is 8. The maximum Gasteiger partial charge on any atom is 0.128 e. The Morgan fingerprint density at radius 3 is 2.67 bits per heavy atom. The summed E-state index contributed by atoms with van der Waals surface area (Å²) in [5.41, 5.74) is 2.65. The molecule has 3 rings (SSSR count). The SMILES string of the molecule is CCCc1cc(CNC2CC2)cc(N(C)CC2CCC2)n1. The van der Waals surface area contributed by atoms with Crippen molar-refractivity contribution in [3.8, 4) is 0 Å². The lowest BCUT2D eigenvalue weighted by atomic mass is 9.85. The van der Waals surface area contributed by atoms with E-state index in [-0.39, 0.29) is 0 Å². The molecular formula is C18H29N3. The highest BCUT2D eigenvalue weighted by molar-refractivity contribution is 5.42. The molecule has 0 atom stereocenters. The van der Waals surface area contributed by atoms with Gasteiger partial charge in [0, 0.05) is 31.9 Å². The maximum atomic E-state index is 4.88. The summed E-state index contributed by atoms with van der Waals surface area (Å²) in [5, 5.41) is 3.63. The average Bonchev–Trinajstić information content (AvgIpc) is 3.25. The van der Waals surface area contributed by atoms with Crippen LogP contribution in [0.1, 0.15) is 56.7 Å². The molecule has 0 spiro atoms. The zero-order valence-corrected chi connectivity index (χ0v) is 13.6. The average molecular weight is 287 g/mol. The van der Waals surface area contributed by atoms with Crippen LogP contribution in [-0.2, 0) is 13.0 Å². The molecule has 1 aromatic rings. The lowest BCUT2D eigenvalue weighted by Gasteiger charge is -2.31. The molecular weight excluding hydrogens is 258 g/mol. The van der Waals surface area contributed by atoms with E-state index in [9.17, 15) is 0 Å². The molecule has 1 aromatic heterocycles. The summed E-state index contributed by atoms with van der Waals surface area (Å²) >= 11 is 0. The van der Waals surface area contributed by atoms with Crippen LogP contribution in [0.15, 0.2) is 12.1 Å². The molecule has 0 unspecified atom stereocenters. The minimum absolute atomic E-state index is 0.768. The topological polar surface area (TPSA) is 28.2 Å². The molecule has 0 aliphatic heterocycles. The van der Waals surface area contributed by atoms with Gasteiger partial charge in [0.25, 0.3) is 0 Å². The summed E-state index contributed by atoms with van der Waals surface area (Å²) < 4.78 is 0. The van der Waals surface area contributed by atoms with Crippen molar-refractivity contribution in [1.82, 2.24) is 10.3 Å². The molecule has 1 heterocycles. The molecule has 3 heteroatoms. The minimum atomic E-state index is 0.768. The smallest absolute Gasteiger partial charge is 0.128 e. The third-order valence-electron chi connectivity index (χ3n) is 4.75. The number of anilines is 1. The molecule has 0 amide bonds. The zero-order chi connectivity index (χ0) is 14.7. The van der Waals surface area contributed by atoms with Crippen molar-refractivity contribution in [2.45, 2.75) is 64.5 Å². The van der Waals surface area contributed by atoms with E-state index in [0.717, 1.165) is 37.9 Å². The first-order chi connectivity index (χ1) is 10.2. The first-order valence-electron chi connectivity index (χ1n) is 8.69. The van der Waals surface area contributed by atoms with E-state index in [2.05, 4.69) is 36.3 Å². The van der Waals surface area contributed by atoms with Gasteiger partial charge in [-0.15, -0.1) is 0 Å².